The molecule has 3 aromatic rings. The second kappa shape index (κ2) is 7.13. The summed E-state index contributed by atoms with van der Waals surface area (Å²) in [7, 11) is 2.05. The highest BCUT2D eigenvalue weighted by molar-refractivity contribution is 5.91. The van der Waals surface area contributed by atoms with Gasteiger partial charge >= 0.3 is 0 Å². The van der Waals surface area contributed by atoms with Crippen molar-refractivity contribution in [1.29, 1.82) is 0 Å². The lowest BCUT2D eigenvalue weighted by molar-refractivity contribution is 0.635. The van der Waals surface area contributed by atoms with Gasteiger partial charge in [0.1, 0.15) is 0 Å². The lowest BCUT2D eigenvalue weighted by Gasteiger charge is -2.19. The van der Waals surface area contributed by atoms with E-state index >= 15 is 0 Å². The zero-order chi connectivity index (χ0) is 18.1. The molecule has 1 heterocycles. The minimum atomic E-state index is 0.505. The van der Waals surface area contributed by atoms with Gasteiger partial charge in [0.25, 0.3) is 0 Å². The Morgan fingerprint density at radius 1 is 1.19 bits per heavy atom. The van der Waals surface area contributed by atoms with Crippen LogP contribution in [0.1, 0.15) is 53.1 Å². The lowest BCUT2D eigenvalue weighted by atomic mass is 9.87. The number of aryl methyl sites for hydroxylation is 1. The number of likely N-dealkylation sites (N-methyl/N-ethyl adjacent to an activating group) is 1. The molecule has 2 atom stereocenters. The maximum atomic E-state index is 3.74. The van der Waals surface area contributed by atoms with E-state index in [0.29, 0.717) is 11.8 Å². The molecule has 0 amide bonds. The zero-order valence-electron chi connectivity index (χ0n) is 16.0. The van der Waals surface area contributed by atoms with Crippen LogP contribution in [0.15, 0.2) is 48.5 Å². The van der Waals surface area contributed by atoms with Crippen LogP contribution in [0.2, 0.25) is 0 Å². The Hall–Kier alpha value is -2.32. The number of benzene rings is 2. The number of nitrogens with one attached hydrogen (secondary N) is 2. The molecule has 134 valence electrons. The summed E-state index contributed by atoms with van der Waals surface area (Å²) < 4.78 is 0. The van der Waals surface area contributed by atoms with E-state index in [2.05, 4.69) is 78.8 Å². The fourth-order valence-corrected chi connectivity index (χ4v) is 4.43. The van der Waals surface area contributed by atoms with Crippen molar-refractivity contribution in [2.75, 3.05) is 13.6 Å². The number of aromatic amines is 1. The SMILES string of the molecule is CNCC1CC=Cc2[nH]c3c(CC(C)c4ccccc4)cc(C)cc3c21. The van der Waals surface area contributed by atoms with Gasteiger partial charge in [0.15, 0.2) is 0 Å². The molecule has 1 aliphatic carbocycles. The minimum Gasteiger partial charge on any atom is -0.355 e. The number of aromatic nitrogens is 1. The molecule has 2 nitrogen and oxygen atoms in total. The molecular weight excluding hydrogens is 316 g/mol. The first-order chi connectivity index (χ1) is 12.7. The Balaban J connectivity index is 1.78. The molecule has 0 bridgehead atoms. The topological polar surface area (TPSA) is 27.8 Å². The van der Waals surface area contributed by atoms with E-state index in [-0.39, 0.29) is 0 Å². The van der Waals surface area contributed by atoms with Gasteiger partial charge in [-0.15, -0.1) is 0 Å². The van der Waals surface area contributed by atoms with E-state index in [0.717, 1.165) is 19.4 Å². The highest BCUT2D eigenvalue weighted by atomic mass is 14.8. The van der Waals surface area contributed by atoms with E-state index in [1.54, 1.807) is 0 Å². The highest BCUT2D eigenvalue weighted by Crippen LogP contribution is 2.38. The molecule has 0 spiro atoms. The smallest absolute Gasteiger partial charge is 0.0494 e. The van der Waals surface area contributed by atoms with E-state index in [9.17, 15) is 0 Å². The predicted molar refractivity (Wildman–Crippen MR) is 112 cm³/mol. The summed E-state index contributed by atoms with van der Waals surface area (Å²) in [6, 6.07) is 15.6. The molecule has 0 fully saturated rings. The van der Waals surface area contributed by atoms with Crippen molar-refractivity contribution in [3.63, 3.8) is 0 Å². The summed E-state index contributed by atoms with van der Waals surface area (Å²) in [5, 5.41) is 4.78. The number of H-pyrrole nitrogens is 1. The maximum absolute atomic E-state index is 3.74. The summed E-state index contributed by atoms with van der Waals surface area (Å²) in [5.41, 5.74) is 8.32. The summed E-state index contributed by atoms with van der Waals surface area (Å²) >= 11 is 0. The molecule has 2 aromatic carbocycles. The fraction of sp³-hybridized carbons (Fsp3) is 0.333. The second-order valence-corrected chi connectivity index (χ2v) is 7.71. The molecule has 0 radical (unpaired) electrons. The Morgan fingerprint density at radius 3 is 2.77 bits per heavy atom. The summed E-state index contributed by atoms with van der Waals surface area (Å²) in [5.74, 6) is 1.06. The number of allylic oxidation sites excluding steroid dienone is 1. The Morgan fingerprint density at radius 2 is 2.00 bits per heavy atom. The molecule has 0 saturated heterocycles. The van der Waals surface area contributed by atoms with Crippen LogP contribution in [0.5, 0.6) is 0 Å². The molecule has 0 saturated carbocycles. The van der Waals surface area contributed by atoms with Crippen LogP contribution in [-0.4, -0.2) is 18.6 Å². The van der Waals surface area contributed by atoms with Gasteiger partial charge < -0.3 is 10.3 Å². The van der Waals surface area contributed by atoms with E-state index in [1.165, 1.54) is 38.9 Å². The first-order valence-electron chi connectivity index (χ1n) is 9.68. The van der Waals surface area contributed by atoms with Crippen LogP contribution in [0.4, 0.5) is 0 Å². The van der Waals surface area contributed by atoms with Gasteiger partial charge in [-0.1, -0.05) is 55.0 Å². The van der Waals surface area contributed by atoms with Gasteiger partial charge in [-0.25, -0.2) is 0 Å². The van der Waals surface area contributed by atoms with E-state index in [4.69, 9.17) is 0 Å². The van der Waals surface area contributed by atoms with Gasteiger partial charge in [-0.2, -0.15) is 0 Å². The van der Waals surface area contributed by atoms with Crippen LogP contribution in [0.25, 0.3) is 17.0 Å². The number of hydrogen-bond acceptors (Lipinski definition) is 1. The highest BCUT2D eigenvalue weighted by Gasteiger charge is 2.23. The van der Waals surface area contributed by atoms with Crippen molar-refractivity contribution in [2.24, 2.45) is 0 Å². The summed E-state index contributed by atoms with van der Waals surface area (Å²) in [4.78, 5) is 3.74. The first kappa shape index (κ1) is 17.1. The largest absolute Gasteiger partial charge is 0.355 e. The zero-order valence-corrected chi connectivity index (χ0v) is 16.0. The van der Waals surface area contributed by atoms with Crippen LogP contribution < -0.4 is 5.32 Å². The molecule has 1 aromatic heterocycles. The molecule has 2 N–H and O–H groups in total. The molecule has 2 heteroatoms. The van der Waals surface area contributed by atoms with Gasteiger partial charge in [0, 0.05) is 29.1 Å². The number of hydrogen-bond donors (Lipinski definition) is 2. The monoisotopic (exact) mass is 344 g/mol. The Bertz CT molecular complexity index is 934. The van der Waals surface area contributed by atoms with Crippen LogP contribution in [-0.2, 0) is 6.42 Å². The van der Waals surface area contributed by atoms with Crippen molar-refractivity contribution >= 4 is 17.0 Å². The van der Waals surface area contributed by atoms with Crippen LogP contribution >= 0.6 is 0 Å². The normalized spacial score (nSPS) is 17.4. The van der Waals surface area contributed by atoms with Crippen molar-refractivity contribution in [2.45, 2.75) is 38.5 Å². The fourth-order valence-electron chi connectivity index (χ4n) is 4.43. The lowest BCUT2D eigenvalue weighted by Crippen LogP contribution is -2.18. The molecule has 4 rings (SSSR count). The molecule has 1 aliphatic rings. The van der Waals surface area contributed by atoms with Gasteiger partial charge in [0.2, 0.25) is 0 Å². The van der Waals surface area contributed by atoms with Gasteiger partial charge in [-0.05, 0) is 61.6 Å². The average Bonchev–Trinajstić information content (AvgIpc) is 3.02. The minimum absolute atomic E-state index is 0.505. The standard InChI is InChI=1S/C24H28N2/c1-16-12-20(14-17(2)18-8-5-4-6-9-18)24-21(13-16)23-19(15-25-3)10-7-11-22(23)26-24/h4-9,11-13,17,19,25-26H,10,14-15H2,1-3H3. The Kier molecular flexibility index (Phi) is 4.69. The first-order valence-corrected chi connectivity index (χ1v) is 9.68. The third-order valence-electron chi connectivity index (χ3n) is 5.66. The summed E-state index contributed by atoms with van der Waals surface area (Å²) in [6.07, 6.45) is 6.74. The molecule has 2 unspecified atom stereocenters. The quantitative estimate of drug-likeness (QED) is 0.624. The van der Waals surface area contributed by atoms with Gasteiger partial charge in [0.05, 0.1) is 0 Å². The second-order valence-electron chi connectivity index (χ2n) is 7.71. The van der Waals surface area contributed by atoms with Crippen molar-refractivity contribution in [1.82, 2.24) is 10.3 Å². The van der Waals surface area contributed by atoms with Crippen LogP contribution in [0, 0.1) is 6.92 Å². The predicted octanol–water partition coefficient (Wildman–Crippen LogP) is 5.54. The van der Waals surface area contributed by atoms with Gasteiger partial charge in [-0.3, -0.25) is 0 Å². The van der Waals surface area contributed by atoms with Crippen molar-refractivity contribution in [3.05, 3.63) is 76.5 Å². The third-order valence-corrected chi connectivity index (χ3v) is 5.66. The molecule has 0 aliphatic heterocycles. The van der Waals surface area contributed by atoms with Crippen LogP contribution in [0.3, 0.4) is 0 Å². The average molecular weight is 345 g/mol. The van der Waals surface area contributed by atoms with Crippen molar-refractivity contribution < 1.29 is 0 Å². The Labute approximate surface area is 156 Å². The maximum Gasteiger partial charge on any atom is 0.0494 e. The van der Waals surface area contributed by atoms with E-state index < -0.39 is 0 Å². The number of rotatable bonds is 5. The number of fused-ring (bicyclic) bond motifs is 3. The molecule has 26 heavy (non-hydrogen) atoms. The molecular formula is C24H28N2. The third kappa shape index (κ3) is 3.10. The van der Waals surface area contributed by atoms with E-state index in [1.807, 2.05) is 7.05 Å². The summed E-state index contributed by atoms with van der Waals surface area (Å²) in [6.45, 7) is 5.57. The van der Waals surface area contributed by atoms with Crippen molar-refractivity contribution in [3.8, 4) is 0 Å².